The van der Waals surface area contributed by atoms with E-state index >= 15 is 0 Å². The molecule has 4 heteroatoms. The van der Waals surface area contributed by atoms with Crippen molar-refractivity contribution in [2.75, 3.05) is 0 Å². The van der Waals surface area contributed by atoms with Gasteiger partial charge in [-0.25, -0.2) is 4.79 Å². The van der Waals surface area contributed by atoms with Crippen molar-refractivity contribution in [3.05, 3.63) is 21.4 Å². The van der Waals surface area contributed by atoms with E-state index in [0.29, 0.717) is 21.7 Å². The van der Waals surface area contributed by atoms with Gasteiger partial charge in [0.15, 0.2) is 0 Å². The van der Waals surface area contributed by atoms with Gasteiger partial charge >= 0.3 is 5.97 Å². The summed E-state index contributed by atoms with van der Waals surface area (Å²) in [6, 6.07) is 2.32. The van der Waals surface area contributed by atoms with E-state index in [9.17, 15) is 4.79 Å². The highest BCUT2D eigenvalue weighted by Gasteiger charge is 2.38. The minimum atomic E-state index is -0.825. The summed E-state index contributed by atoms with van der Waals surface area (Å²) in [7, 11) is 0. The largest absolute Gasteiger partial charge is 0.477 e. The van der Waals surface area contributed by atoms with E-state index < -0.39 is 5.97 Å². The molecule has 0 saturated heterocycles. The van der Waals surface area contributed by atoms with Gasteiger partial charge in [0.2, 0.25) is 0 Å². The van der Waals surface area contributed by atoms with Crippen molar-refractivity contribution in [2.45, 2.75) is 66.5 Å². The van der Waals surface area contributed by atoms with Crippen LogP contribution >= 0.6 is 11.3 Å². The van der Waals surface area contributed by atoms with Crippen molar-refractivity contribution in [1.82, 2.24) is 5.32 Å². The molecule has 0 atom stereocenters. The molecule has 0 bridgehead atoms. The van der Waals surface area contributed by atoms with E-state index in [2.05, 4.69) is 33.0 Å². The Hall–Kier alpha value is -0.870. The molecule has 0 spiro atoms. The molecular formula is C17H27NO2S. The predicted octanol–water partition coefficient (Wildman–Crippen LogP) is 4.45. The maximum atomic E-state index is 11.0. The average molecular weight is 309 g/mol. The van der Waals surface area contributed by atoms with Crippen LogP contribution in [0.2, 0.25) is 0 Å². The highest BCUT2D eigenvalue weighted by atomic mass is 32.1. The Morgan fingerprint density at radius 2 is 1.90 bits per heavy atom. The molecule has 3 nitrogen and oxygen atoms in total. The predicted molar refractivity (Wildman–Crippen MR) is 88.1 cm³/mol. The second-order valence-corrected chi connectivity index (χ2v) is 9.24. The molecule has 1 heterocycles. The minimum Gasteiger partial charge on any atom is -0.477 e. The first-order valence-electron chi connectivity index (χ1n) is 7.64. The fourth-order valence-electron chi connectivity index (χ4n) is 4.05. The topological polar surface area (TPSA) is 49.3 Å². The molecule has 0 amide bonds. The van der Waals surface area contributed by atoms with Crippen LogP contribution in [0.3, 0.4) is 0 Å². The third-order valence-electron chi connectivity index (χ3n) is 4.37. The summed E-state index contributed by atoms with van der Waals surface area (Å²) in [5, 5.41) is 12.7. The molecule has 0 aliphatic heterocycles. The highest BCUT2D eigenvalue weighted by molar-refractivity contribution is 7.14. The number of carboxylic acid groups (broad SMARTS) is 1. The van der Waals surface area contributed by atoms with Crippen LogP contribution in [0.25, 0.3) is 0 Å². The summed E-state index contributed by atoms with van der Waals surface area (Å²) in [5.41, 5.74) is 1.86. The van der Waals surface area contributed by atoms with Crippen molar-refractivity contribution in [2.24, 2.45) is 10.8 Å². The lowest BCUT2D eigenvalue weighted by Crippen LogP contribution is -2.43. The van der Waals surface area contributed by atoms with E-state index in [4.69, 9.17) is 5.11 Å². The van der Waals surface area contributed by atoms with Crippen LogP contribution in [-0.4, -0.2) is 17.1 Å². The summed E-state index contributed by atoms with van der Waals surface area (Å²) in [5.74, 6) is -0.825. The molecule has 1 saturated carbocycles. The summed E-state index contributed by atoms with van der Waals surface area (Å²) in [6.07, 6.45) is 3.63. The molecule has 2 N–H and O–H groups in total. The minimum absolute atomic E-state index is 0.370. The Bertz CT molecular complexity index is 515. The Labute approximate surface area is 131 Å². The molecule has 0 radical (unpaired) electrons. The molecule has 0 unspecified atom stereocenters. The maximum absolute atomic E-state index is 11.0. The van der Waals surface area contributed by atoms with E-state index in [0.717, 1.165) is 17.0 Å². The number of nitrogens with one attached hydrogen (secondary N) is 1. The third kappa shape index (κ3) is 4.30. The van der Waals surface area contributed by atoms with Gasteiger partial charge in [-0.2, -0.15) is 0 Å². The quantitative estimate of drug-likeness (QED) is 0.864. The monoisotopic (exact) mass is 309 g/mol. The van der Waals surface area contributed by atoms with Crippen molar-refractivity contribution >= 4 is 17.3 Å². The van der Waals surface area contributed by atoms with Crippen molar-refractivity contribution in [1.29, 1.82) is 0 Å². The van der Waals surface area contributed by atoms with Gasteiger partial charge in [-0.1, -0.05) is 27.7 Å². The lowest BCUT2D eigenvalue weighted by molar-refractivity contribution is 0.0702. The molecule has 118 valence electrons. The fourth-order valence-corrected chi connectivity index (χ4v) is 4.93. The van der Waals surface area contributed by atoms with Gasteiger partial charge in [0, 0.05) is 17.5 Å². The van der Waals surface area contributed by atoms with Crippen molar-refractivity contribution in [3.63, 3.8) is 0 Å². The maximum Gasteiger partial charge on any atom is 0.345 e. The Morgan fingerprint density at radius 3 is 2.38 bits per heavy atom. The molecule has 1 fully saturated rings. The van der Waals surface area contributed by atoms with Gasteiger partial charge in [0.05, 0.1) is 0 Å². The zero-order valence-corrected chi connectivity index (χ0v) is 14.6. The van der Waals surface area contributed by atoms with E-state index in [1.165, 1.54) is 30.6 Å². The van der Waals surface area contributed by atoms with Gasteiger partial charge in [-0.05, 0) is 48.6 Å². The normalized spacial score (nSPS) is 21.4. The first-order chi connectivity index (χ1) is 9.58. The number of hydrogen-bond donors (Lipinski definition) is 2. The van der Waals surface area contributed by atoms with Gasteiger partial charge < -0.3 is 10.4 Å². The standard InChI is InChI=1S/C17H27NO2S/c1-11-12(6-14(21-11)15(19)20)9-18-13-7-16(2,3)10-17(4,5)8-13/h6,13,18H,7-10H2,1-5H3,(H,19,20). The molecule has 1 aromatic rings. The lowest BCUT2D eigenvalue weighted by Gasteiger charge is -2.45. The average Bonchev–Trinajstić information content (AvgIpc) is 2.64. The van der Waals surface area contributed by atoms with E-state index in [1.54, 1.807) is 0 Å². The number of thiophene rings is 1. The second kappa shape index (κ2) is 5.73. The van der Waals surface area contributed by atoms with Crippen LogP contribution in [0.5, 0.6) is 0 Å². The number of aromatic carboxylic acids is 1. The molecular weight excluding hydrogens is 282 g/mol. The van der Waals surface area contributed by atoms with Crippen molar-refractivity contribution in [3.8, 4) is 0 Å². The summed E-state index contributed by atoms with van der Waals surface area (Å²) in [6.45, 7) is 12.2. The number of carboxylic acids is 1. The molecule has 21 heavy (non-hydrogen) atoms. The van der Waals surface area contributed by atoms with Gasteiger partial charge in [0.25, 0.3) is 0 Å². The van der Waals surface area contributed by atoms with Crippen LogP contribution in [0, 0.1) is 17.8 Å². The summed E-state index contributed by atoms with van der Waals surface area (Å²) >= 11 is 1.37. The number of aryl methyl sites for hydroxylation is 1. The van der Waals surface area contributed by atoms with E-state index in [-0.39, 0.29) is 0 Å². The van der Waals surface area contributed by atoms with Gasteiger partial charge in [-0.3, -0.25) is 0 Å². The fraction of sp³-hybridized carbons (Fsp3) is 0.706. The molecule has 1 aromatic heterocycles. The zero-order valence-electron chi connectivity index (χ0n) is 13.7. The molecule has 0 aromatic carbocycles. The molecule has 2 rings (SSSR count). The van der Waals surface area contributed by atoms with E-state index in [1.807, 2.05) is 13.0 Å². The zero-order chi connectivity index (χ0) is 15.8. The van der Waals surface area contributed by atoms with Gasteiger partial charge in [0.1, 0.15) is 4.88 Å². The third-order valence-corrected chi connectivity index (χ3v) is 5.45. The first kappa shape index (κ1) is 16.5. The Kier molecular flexibility index (Phi) is 4.50. The number of carbonyl (C=O) groups is 1. The van der Waals surface area contributed by atoms with Gasteiger partial charge in [-0.15, -0.1) is 11.3 Å². The highest BCUT2D eigenvalue weighted by Crippen LogP contribution is 2.45. The van der Waals surface area contributed by atoms with Crippen LogP contribution in [0.15, 0.2) is 6.07 Å². The van der Waals surface area contributed by atoms with Crippen LogP contribution < -0.4 is 5.32 Å². The Morgan fingerprint density at radius 1 is 1.33 bits per heavy atom. The number of rotatable bonds is 4. The summed E-state index contributed by atoms with van der Waals surface area (Å²) in [4.78, 5) is 12.6. The SMILES string of the molecule is Cc1sc(C(=O)O)cc1CNC1CC(C)(C)CC(C)(C)C1. The molecule has 1 aliphatic carbocycles. The van der Waals surface area contributed by atoms with Crippen LogP contribution in [-0.2, 0) is 6.54 Å². The molecule has 1 aliphatic rings. The smallest absolute Gasteiger partial charge is 0.345 e. The second-order valence-electron chi connectivity index (χ2n) is 7.99. The van der Waals surface area contributed by atoms with Crippen LogP contribution in [0.4, 0.5) is 0 Å². The summed E-state index contributed by atoms with van der Waals surface area (Å²) < 4.78 is 0. The van der Waals surface area contributed by atoms with Crippen LogP contribution in [0.1, 0.15) is 67.1 Å². The van der Waals surface area contributed by atoms with Crippen molar-refractivity contribution < 1.29 is 9.90 Å². The Balaban J connectivity index is 2.01. The number of hydrogen-bond acceptors (Lipinski definition) is 3. The lowest BCUT2D eigenvalue weighted by atomic mass is 9.63. The first-order valence-corrected chi connectivity index (χ1v) is 8.46.